The zero-order valence-corrected chi connectivity index (χ0v) is 16.4. The molecule has 2 aromatic heterocycles. The van der Waals surface area contributed by atoms with E-state index < -0.39 is 0 Å². The Morgan fingerprint density at radius 3 is 2.93 bits per heavy atom. The number of amides is 1. The quantitative estimate of drug-likeness (QED) is 0.696. The van der Waals surface area contributed by atoms with Gasteiger partial charge in [0.05, 0.1) is 25.6 Å². The normalized spacial score (nSPS) is 14.4. The van der Waals surface area contributed by atoms with Gasteiger partial charge in [0.2, 0.25) is 0 Å². The average molecular weight is 380 g/mol. The summed E-state index contributed by atoms with van der Waals surface area (Å²) in [6.45, 7) is 5.77. The maximum Gasteiger partial charge on any atom is 0.255 e. The molecule has 7 nitrogen and oxygen atoms in total. The summed E-state index contributed by atoms with van der Waals surface area (Å²) >= 11 is 0. The molecule has 1 amide bonds. The van der Waals surface area contributed by atoms with E-state index in [-0.39, 0.29) is 11.9 Å². The number of carbonyl (C=O) groups is 1. The number of para-hydroxylation sites is 1. The van der Waals surface area contributed by atoms with Crippen LogP contribution in [0.15, 0.2) is 36.8 Å². The predicted octanol–water partition coefficient (Wildman–Crippen LogP) is 3.45. The van der Waals surface area contributed by atoms with E-state index in [1.54, 1.807) is 19.6 Å². The van der Waals surface area contributed by atoms with E-state index in [1.807, 2.05) is 33.7 Å². The number of fused-ring (bicyclic) bond motifs is 2. The molecule has 0 atom stereocenters. The van der Waals surface area contributed by atoms with Crippen molar-refractivity contribution < 1.29 is 14.3 Å². The Hall–Kier alpha value is -3.09. The van der Waals surface area contributed by atoms with Crippen molar-refractivity contribution in [3.8, 4) is 11.5 Å². The summed E-state index contributed by atoms with van der Waals surface area (Å²) in [4.78, 5) is 23.9. The Kier molecular flexibility index (Phi) is 4.90. The van der Waals surface area contributed by atoms with Crippen molar-refractivity contribution >= 4 is 17.1 Å². The maximum atomic E-state index is 13.2. The summed E-state index contributed by atoms with van der Waals surface area (Å²) in [7, 11) is 1.62. The fourth-order valence-electron chi connectivity index (χ4n) is 3.49. The van der Waals surface area contributed by atoms with Gasteiger partial charge in [-0.15, -0.1) is 0 Å². The van der Waals surface area contributed by atoms with E-state index in [9.17, 15) is 4.79 Å². The molecule has 0 unspecified atom stereocenters. The van der Waals surface area contributed by atoms with E-state index >= 15 is 0 Å². The smallest absolute Gasteiger partial charge is 0.255 e. The number of aromatic nitrogens is 3. The van der Waals surface area contributed by atoms with Gasteiger partial charge in [-0.1, -0.05) is 12.1 Å². The summed E-state index contributed by atoms with van der Waals surface area (Å²) in [5.41, 5.74) is 3.01. The highest BCUT2D eigenvalue weighted by Gasteiger charge is 2.22. The second kappa shape index (κ2) is 7.50. The summed E-state index contributed by atoms with van der Waals surface area (Å²) < 4.78 is 13.3. The highest BCUT2D eigenvalue weighted by molar-refractivity contribution is 5.96. The SMILES string of the molecule is COc1cccc2c1OCCCN(C(=O)c1cnc3c(c1)ncn3C(C)C)C2. The number of hydrogen-bond donors (Lipinski definition) is 0. The molecule has 146 valence electrons. The third-order valence-corrected chi connectivity index (χ3v) is 4.96. The lowest BCUT2D eigenvalue weighted by Crippen LogP contribution is -2.33. The van der Waals surface area contributed by atoms with E-state index in [4.69, 9.17) is 9.47 Å². The molecule has 0 saturated carbocycles. The predicted molar refractivity (Wildman–Crippen MR) is 106 cm³/mol. The second-order valence-corrected chi connectivity index (χ2v) is 7.19. The molecular weight excluding hydrogens is 356 g/mol. The molecule has 0 spiro atoms. The number of nitrogens with zero attached hydrogens (tertiary/aromatic N) is 4. The summed E-state index contributed by atoms with van der Waals surface area (Å²) in [5.74, 6) is 1.35. The van der Waals surface area contributed by atoms with Crippen LogP contribution in [0.25, 0.3) is 11.2 Å². The molecule has 0 radical (unpaired) electrons. The number of hydrogen-bond acceptors (Lipinski definition) is 5. The Labute approximate surface area is 163 Å². The molecule has 4 rings (SSSR count). The van der Waals surface area contributed by atoms with Crippen LogP contribution in [-0.4, -0.2) is 45.6 Å². The van der Waals surface area contributed by atoms with E-state index in [0.29, 0.717) is 36.8 Å². The fourth-order valence-corrected chi connectivity index (χ4v) is 3.49. The van der Waals surface area contributed by atoms with Crippen molar-refractivity contribution in [1.29, 1.82) is 0 Å². The van der Waals surface area contributed by atoms with E-state index in [2.05, 4.69) is 23.8 Å². The Morgan fingerprint density at radius 2 is 2.14 bits per heavy atom. The van der Waals surface area contributed by atoms with Crippen molar-refractivity contribution in [3.05, 3.63) is 47.9 Å². The first kappa shape index (κ1) is 18.3. The van der Waals surface area contributed by atoms with E-state index in [0.717, 1.165) is 23.1 Å². The first-order chi connectivity index (χ1) is 13.6. The molecular formula is C21H24N4O3. The van der Waals surface area contributed by atoms with Crippen molar-refractivity contribution in [2.24, 2.45) is 0 Å². The van der Waals surface area contributed by atoms with Crippen molar-refractivity contribution in [3.63, 3.8) is 0 Å². The fraction of sp³-hybridized carbons (Fsp3) is 0.381. The zero-order valence-electron chi connectivity index (χ0n) is 16.4. The number of ether oxygens (including phenoxy) is 2. The van der Waals surface area contributed by atoms with Gasteiger partial charge in [-0.2, -0.15) is 0 Å². The van der Waals surface area contributed by atoms with E-state index in [1.165, 1.54) is 0 Å². The monoisotopic (exact) mass is 380 g/mol. The van der Waals surface area contributed by atoms with Crippen LogP contribution in [0.5, 0.6) is 11.5 Å². The van der Waals surface area contributed by atoms with Crippen LogP contribution in [0.1, 0.15) is 42.2 Å². The number of pyridine rings is 1. The number of benzene rings is 1. The van der Waals surface area contributed by atoms with Gasteiger partial charge >= 0.3 is 0 Å². The number of methoxy groups -OCH3 is 1. The third kappa shape index (κ3) is 3.28. The molecule has 3 aromatic rings. The van der Waals surface area contributed by atoms with Gasteiger partial charge in [0.1, 0.15) is 5.52 Å². The second-order valence-electron chi connectivity index (χ2n) is 7.19. The Balaban J connectivity index is 1.64. The minimum Gasteiger partial charge on any atom is -0.493 e. The van der Waals surface area contributed by atoms with Gasteiger partial charge in [-0.05, 0) is 32.4 Å². The first-order valence-electron chi connectivity index (χ1n) is 9.49. The van der Waals surface area contributed by atoms with Crippen LogP contribution >= 0.6 is 0 Å². The molecule has 3 heterocycles. The lowest BCUT2D eigenvalue weighted by Gasteiger charge is -2.27. The van der Waals surface area contributed by atoms with Gasteiger partial charge in [0.15, 0.2) is 17.1 Å². The molecule has 28 heavy (non-hydrogen) atoms. The Morgan fingerprint density at radius 1 is 1.29 bits per heavy atom. The largest absolute Gasteiger partial charge is 0.493 e. The standard InChI is InChI=1S/C21H24N4O3/c1-14(2)25-13-23-17-10-16(11-22-20(17)25)21(26)24-8-5-9-28-19-15(12-24)6-4-7-18(19)27-3/h4,6-7,10-11,13-14H,5,8-9,12H2,1-3H3. The first-order valence-corrected chi connectivity index (χ1v) is 9.49. The van der Waals surface area contributed by atoms with Crippen molar-refractivity contribution in [1.82, 2.24) is 19.4 Å². The third-order valence-electron chi connectivity index (χ3n) is 4.96. The molecule has 0 fully saturated rings. The molecule has 0 bridgehead atoms. The van der Waals surface area contributed by atoms with Crippen LogP contribution in [0, 0.1) is 0 Å². The van der Waals surface area contributed by atoms with Crippen molar-refractivity contribution in [2.75, 3.05) is 20.3 Å². The Bertz CT molecular complexity index is 1010. The topological polar surface area (TPSA) is 69.5 Å². The van der Waals surface area contributed by atoms with Crippen LogP contribution in [0.3, 0.4) is 0 Å². The highest BCUT2D eigenvalue weighted by Crippen LogP contribution is 2.33. The molecule has 1 aromatic carbocycles. The van der Waals surface area contributed by atoms with Gasteiger partial charge in [0.25, 0.3) is 5.91 Å². The van der Waals surface area contributed by atoms with Crippen LogP contribution in [0.4, 0.5) is 0 Å². The molecule has 0 aliphatic carbocycles. The van der Waals surface area contributed by atoms with Crippen LogP contribution < -0.4 is 9.47 Å². The van der Waals surface area contributed by atoms with Crippen LogP contribution in [0.2, 0.25) is 0 Å². The average Bonchev–Trinajstić information content (AvgIpc) is 3.11. The van der Waals surface area contributed by atoms with Gasteiger partial charge in [-0.3, -0.25) is 4.79 Å². The number of carbonyl (C=O) groups excluding carboxylic acids is 1. The number of imidazole rings is 1. The highest BCUT2D eigenvalue weighted by atomic mass is 16.5. The van der Waals surface area contributed by atoms with Gasteiger partial charge < -0.3 is 18.9 Å². The number of rotatable bonds is 3. The summed E-state index contributed by atoms with van der Waals surface area (Å²) in [5, 5.41) is 0. The minimum absolute atomic E-state index is 0.0517. The van der Waals surface area contributed by atoms with Gasteiger partial charge in [0, 0.05) is 30.9 Å². The molecule has 1 aliphatic heterocycles. The zero-order chi connectivity index (χ0) is 19.7. The molecule has 1 aliphatic rings. The van der Waals surface area contributed by atoms with Crippen molar-refractivity contribution in [2.45, 2.75) is 32.9 Å². The molecule has 0 N–H and O–H groups in total. The molecule has 7 heteroatoms. The summed E-state index contributed by atoms with van der Waals surface area (Å²) in [6.07, 6.45) is 4.17. The summed E-state index contributed by atoms with van der Waals surface area (Å²) in [6, 6.07) is 7.84. The maximum absolute atomic E-state index is 13.2. The minimum atomic E-state index is -0.0517. The lowest BCUT2D eigenvalue weighted by molar-refractivity contribution is 0.0721. The molecule has 0 saturated heterocycles. The van der Waals surface area contributed by atoms with Crippen LogP contribution in [-0.2, 0) is 6.54 Å². The lowest BCUT2D eigenvalue weighted by atomic mass is 10.1. The van der Waals surface area contributed by atoms with Gasteiger partial charge in [-0.25, -0.2) is 9.97 Å².